The molecule has 17 heavy (non-hydrogen) atoms. The summed E-state index contributed by atoms with van der Waals surface area (Å²) in [6, 6.07) is 3.72. The Bertz CT molecular complexity index is 511. The molecule has 0 aliphatic carbocycles. The van der Waals surface area contributed by atoms with Crippen molar-refractivity contribution in [2.24, 2.45) is 0 Å². The van der Waals surface area contributed by atoms with E-state index in [9.17, 15) is 0 Å². The predicted octanol–water partition coefficient (Wildman–Crippen LogP) is 3.01. The van der Waals surface area contributed by atoms with Gasteiger partial charge in [-0.15, -0.1) is 11.3 Å². The summed E-state index contributed by atoms with van der Waals surface area (Å²) in [6.45, 7) is 6.50. The van der Waals surface area contributed by atoms with Crippen molar-refractivity contribution in [3.8, 4) is 0 Å². The lowest BCUT2D eigenvalue weighted by Crippen LogP contribution is -2.11. The molecule has 2 aromatic rings. The Kier molecular flexibility index (Phi) is 3.15. The van der Waals surface area contributed by atoms with Crippen LogP contribution in [0.2, 0.25) is 0 Å². The first-order valence-corrected chi connectivity index (χ1v) is 6.49. The summed E-state index contributed by atoms with van der Waals surface area (Å²) in [4.78, 5) is 8.93. The number of thiazole rings is 1. The van der Waals surface area contributed by atoms with E-state index in [4.69, 9.17) is 5.73 Å². The summed E-state index contributed by atoms with van der Waals surface area (Å²) in [6.07, 6.45) is 2.48. The SMILES string of the molecule is CC(C)(C)c1csc(Cc2ncccc2N)n1. The fraction of sp³-hybridized carbons (Fsp3) is 0.385. The third-order valence-corrected chi connectivity index (χ3v) is 3.41. The van der Waals surface area contributed by atoms with Gasteiger partial charge in [-0.1, -0.05) is 20.8 Å². The van der Waals surface area contributed by atoms with Crippen LogP contribution in [-0.4, -0.2) is 9.97 Å². The topological polar surface area (TPSA) is 51.8 Å². The molecule has 0 spiro atoms. The lowest BCUT2D eigenvalue weighted by atomic mass is 9.93. The number of nitrogen functional groups attached to an aromatic ring is 1. The van der Waals surface area contributed by atoms with Crippen LogP contribution in [0.3, 0.4) is 0 Å². The van der Waals surface area contributed by atoms with Gasteiger partial charge in [0.1, 0.15) is 0 Å². The molecule has 90 valence electrons. The third-order valence-electron chi connectivity index (χ3n) is 2.56. The first-order valence-electron chi connectivity index (χ1n) is 5.61. The normalized spacial score (nSPS) is 11.7. The minimum Gasteiger partial charge on any atom is -0.397 e. The first kappa shape index (κ1) is 12.0. The van der Waals surface area contributed by atoms with Crippen LogP contribution in [0.15, 0.2) is 23.7 Å². The van der Waals surface area contributed by atoms with Crippen LogP contribution in [0.4, 0.5) is 5.69 Å². The van der Waals surface area contributed by atoms with E-state index in [0.29, 0.717) is 6.42 Å². The molecule has 0 saturated carbocycles. The molecule has 0 aromatic carbocycles. The third kappa shape index (κ3) is 2.82. The molecule has 2 N–H and O–H groups in total. The smallest absolute Gasteiger partial charge is 0.0989 e. The van der Waals surface area contributed by atoms with E-state index in [0.717, 1.165) is 22.1 Å². The molecule has 0 radical (unpaired) electrons. The largest absolute Gasteiger partial charge is 0.397 e. The molecule has 2 aromatic heterocycles. The molecular formula is C13H17N3S. The van der Waals surface area contributed by atoms with Crippen LogP contribution in [-0.2, 0) is 11.8 Å². The molecule has 0 aliphatic rings. The van der Waals surface area contributed by atoms with Gasteiger partial charge in [0.2, 0.25) is 0 Å². The van der Waals surface area contributed by atoms with Gasteiger partial charge in [-0.2, -0.15) is 0 Å². The van der Waals surface area contributed by atoms with Crippen molar-refractivity contribution < 1.29 is 0 Å². The van der Waals surface area contributed by atoms with Crippen LogP contribution in [0.5, 0.6) is 0 Å². The van der Waals surface area contributed by atoms with Gasteiger partial charge < -0.3 is 5.73 Å². The zero-order valence-corrected chi connectivity index (χ0v) is 11.2. The Hall–Kier alpha value is -1.42. The van der Waals surface area contributed by atoms with Crippen LogP contribution >= 0.6 is 11.3 Å². The van der Waals surface area contributed by atoms with Crippen LogP contribution in [0.25, 0.3) is 0 Å². The van der Waals surface area contributed by atoms with Gasteiger partial charge in [-0.3, -0.25) is 4.98 Å². The van der Waals surface area contributed by atoms with E-state index in [1.807, 2.05) is 12.1 Å². The van der Waals surface area contributed by atoms with E-state index >= 15 is 0 Å². The van der Waals surface area contributed by atoms with Gasteiger partial charge in [0.25, 0.3) is 0 Å². The highest BCUT2D eigenvalue weighted by atomic mass is 32.1. The number of anilines is 1. The van der Waals surface area contributed by atoms with Crippen molar-refractivity contribution >= 4 is 17.0 Å². The number of hydrogen-bond donors (Lipinski definition) is 1. The molecule has 0 aliphatic heterocycles. The zero-order chi connectivity index (χ0) is 12.5. The Morgan fingerprint density at radius 3 is 2.71 bits per heavy atom. The molecule has 0 unspecified atom stereocenters. The minimum absolute atomic E-state index is 0.102. The Morgan fingerprint density at radius 2 is 2.12 bits per heavy atom. The average Bonchev–Trinajstić information content (AvgIpc) is 2.69. The predicted molar refractivity (Wildman–Crippen MR) is 72.3 cm³/mol. The maximum absolute atomic E-state index is 5.88. The summed E-state index contributed by atoms with van der Waals surface area (Å²) in [5.41, 5.74) is 8.75. The molecule has 2 rings (SSSR count). The molecule has 0 bridgehead atoms. The fourth-order valence-corrected chi connectivity index (χ4v) is 2.50. The summed E-state index contributed by atoms with van der Waals surface area (Å²) in [7, 11) is 0. The number of pyridine rings is 1. The lowest BCUT2D eigenvalue weighted by Gasteiger charge is -2.14. The summed E-state index contributed by atoms with van der Waals surface area (Å²) in [5.74, 6) is 0. The molecular weight excluding hydrogens is 230 g/mol. The summed E-state index contributed by atoms with van der Waals surface area (Å²) in [5, 5.41) is 3.19. The van der Waals surface area contributed by atoms with Gasteiger partial charge in [-0.05, 0) is 12.1 Å². The van der Waals surface area contributed by atoms with Gasteiger partial charge in [0, 0.05) is 23.4 Å². The first-order chi connectivity index (χ1) is 7.97. The van der Waals surface area contributed by atoms with Gasteiger partial charge in [0.15, 0.2) is 0 Å². The van der Waals surface area contributed by atoms with Crippen molar-refractivity contribution in [2.45, 2.75) is 32.6 Å². The molecule has 0 saturated heterocycles. The second-order valence-electron chi connectivity index (χ2n) is 5.09. The van der Waals surface area contributed by atoms with Crippen molar-refractivity contribution in [1.29, 1.82) is 0 Å². The van der Waals surface area contributed by atoms with E-state index in [1.54, 1.807) is 17.5 Å². The van der Waals surface area contributed by atoms with Gasteiger partial charge in [0.05, 0.1) is 22.1 Å². The molecule has 2 heterocycles. The van der Waals surface area contributed by atoms with Crippen molar-refractivity contribution in [2.75, 3.05) is 5.73 Å². The van der Waals surface area contributed by atoms with Crippen LogP contribution in [0.1, 0.15) is 37.2 Å². The number of nitrogens with two attached hydrogens (primary N) is 1. The quantitative estimate of drug-likeness (QED) is 0.887. The zero-order valence-electron chi connectivity index (χ0n) is 10.4. The van der Waals surface area contributed by atoms with E-state index in [1.165, 1.54) is 0 Å². The van der Waals surface area contributed by atoms with Crippen molar-refractivity contribution in [3.63, 3.8) is 0 Å². The average molecular weight is 247 g/mol. The van der Waals surface area contributed by atoms with Crippen molar-refractivity contribution in [1.82, 2.24) is 9.97 Å². The minimum atomic E-state index is 0.102. The maximum Gasteiger partial charge on any atom is 0.0989 e. The van der Waals surface area contributed by atoms with Gasteiger partial charge >= 0.3 is 0 Å². The summed E-state index contributed by atoms with van der Waals surface area (Å²) < 4.78 is 0. The van der Waals surface area contributed by atoms with E-state index < -0.39 is 0 Å². The Balaban J connectivity index is 2.21. The second kappa shape index (κ2) is 4.45. The highest BCUT2D eigenvalue weighted by Gasteiger charge is 2.17. The number of aromatic nitrogens is 2. The maximum atomic E-state index is 5.88. The molecule has 3 nitrogen and oxygen atoms in total. The highest BCUT2D eigenvalue weighted by Crippen LogP contribution is 2.25. The number of rotatable bonds is 2. The van der Waals surface area contributed by atoms with Crippen LogP contribution < -0.4 is 5.73 Å². The molecule has 4 heteroatoms. The lowest BCUT2D eigenvalue weighted by molar-refractivity contribution is 0.571. The fourth-order valence-electron chi connectivity index (χ4n) is 1.48. The van der Waals surface area contributed by atoms with Crippen LogP contribution in [0, 0.1) is 0 Å². The number of nitrogens with zero attached hydrogens (tertiary/aromatic N) is 2. The van der Waals surface area contributed by atoms with Crippen molar-refractivity contribution in [3.05, 3.63) is 40.1 Å². The summed E-state index contributed by atoms with van der Waals surface area (Å²) >= 11 is 1.67. The monoisotopic (exact) mass is 247 g/mol. The van der Waals surface area contributed by atoms with Gasteiger partial charge in [-0.25, -0.2) is 4.98 Å². The highest BCUT2D eigenvalue weighted by molar-refractivity contribution is 7.09. The number of hydrogen-bond acceptors (Lipinski definition) is 4. The van der Waals surface area contributed by atoms with E-state index in [-0.39, 0.29) is 5.41 Å². The molecule has 0 fully saturated rings. The van der Waals surface area contributed by atoms with E-state index in [2.05, 4.69) is 36.1 Å². The molecule has 0 atom stereocenters. The standard InChI is InChI=1S/C13H17N3S/c1-13(2,3)11-8-17-12(16-11)7-10-9(14)5-4-6-15-10/h4-6,8H,7,14H2,1-3H3. The Labute approximate surface area is 106 Å². The second-order valence-corrected chi connectivity index (χ2v) is 6.04. The Morgan fingerprint density at radius 1 is 1.35 bits per heavy atom. The molecule has 0 amide bonds.